The van der Waals surface area contributed by atoms with Gasteiger partial charge < -0.3 is 4.57 Å². The topological polar surface area (TPSA) is 17.8 Å². The van der Waals surface area contributed by atoms with Gasteiger partial charge in [0.25, 0.3) is 0 Å². The van der Waals surface area contributed by atoms with Crippen molar-refractivity contribution in [3.63, 3.8) is 0 Å². The molecule has 1 heterocycles. The van der Waals surface area contributed by atoms with Crippen molar-refractivity contribution in [3.8, 4) is 0 Å². The molecule has 0 aliphatic rings. The molecule has 0 aliphatic heterocycles. The van der Waals surface area contributed by atoms with Gasteiger partial charge in [0.2, 0.25) is 0 Å². The van der Waals surface area contributed by atoms with E-state index in [2.05, 4.69) is 36.4 Å². The number of halogens is 2. The molecule has 2 aromatic rings. The van der Waals surface area contributed by atoms with Crippen LogP contribution in [0, 0.1) is 5.92 Å². The van der Waals surface area contributed by atoms with E-state index in [1.807, 2.05) is 19.1 Å². The zero-order valence-corrected chi connectivity index (χ0v) is 13.3. The van der Waals surface area contributed by atoms with E-state index in [1.165, 1.54) is 0 Å². The molecule has 2 unspecified atom stereocenters. The van der Waals surface area contributed by atoms with Crippen LogP contribution >= 0.6 is 23.2 Å². The molecule has 4 heteroatoms. The molecule has 0 fully saturated rings. The summed E-state index contributed by atoms with van der Waals surface area (Å²) < 4.78 is 2.24. The van der Waals surface area contributed by atoms with Crippen LogP contribution in [-0.2, 0) is 0 Å². The van der Waals surface area contributed by atoms with Crippen LogP contribution in [0.4, 0.5) is 0 Å². The smallest absolute Gasteiger partial charge is 0.128 e. The summed E-state index contributed by atoms with van der Waals surface area (Å²) in [4.78, 5) is 4.64. The molecule has 1 aromatic carbocycles. The van der Waals surface area contributed by atoms with E-state index < -0.39 is 0 Å². The van der Waals surface area contributed by atoms with Crippen molar-refractivity contribution in [2.75, 3.05) is 0 Å². The van der Waals surface area contributed by atoms with Crippen LogP contribution in [0.3, 0.4) is 0 Å². The maximum absolute atomic E-state index is 6.29. The highest BCUT2D eigenvalue weighted by atomic mass is 35.5. The van der Waals surface area contributed by atoms with Gasteiger partial charge in [-0.25, -0.2) is 4.98 Å². The number of rotatable bonds is 4. The number of para-hydroxylation sites is 1. The molecule has 0 saturated heterocycles. The summed E-state index contributed by atoms with van der Waals surface area (Å²) in [6.07, 6.45) is 1.09. The zero-order chi connectivity index (χ0) is 14.2. The normalized spacial score (nSPS) is 15.1. The van der Waals surface area contributed by atoms with E-state index in [0.29, 0.717) is 17.0 Å². The summed E-state index contributed by atoms with van der Waals surface area (Å²) >= 11 is 12.5. The van der Waals surface area contributed by atoms with Crippen molar-refractivity contribution in [1.29, 1.82) is 0 Å². The first-order valence-electron chi connectivity index (χ1n) is 6.72. The van der Waals surface area contributed by atoms with Gasteiger partial charge in [-0.1, -0.05) is 31.5 Å². The van der Waals surface area contributed by atoms with Crippen molar-refractivity contribution >= 4 is 34.2 Å². The molecule has 0 N–H and O–H groups in total. The molecular weight excluding hydrogens is 279 g/mol. The Balaban J connectivity index is 2.62. The highest BCUT2D eigenvalue weighted by Crippen LogP contribution is 2.33. The second kappa shape index (κ2) is 5.72. The van der Waals surface area contributed by atoms with E-state index in [4.69, 9.17) is 23.2 Å². The third-order valence-corrected chi connectivity index (χ3v) is 3.81. The molecule has 0 bridgehead atoms. The van der Waals surface area contributed by atoms with Crippen molar-refractivity contribution in [3.05, 3.63) is 29.0 Å². The number of benzene rings is 1. The van der Waals surface area contributed by atoms with Crippen molar-refractivity contribution in [1.82, 2.24) is 9.55 Å². The van der Waals surface area contributed by atoms with Crippen molar-refractivity contribution in [2.24, 2.45) is 5.92 Å². The Labute approximate surface area is 124 Å². The number of imidazole rings is 1. The van der Waals surface area contributed by atoms with E-state index in [0.717, 1.165) is 23.3 Å². The first-order chi connectivity index (χ1) is 8.91. The van der Waals surface area contributed by atoms with Crippen LogP contribution in [0.5, 0.6) is 0 Å². The van der Waals surface area contributed by atoms with E-state index >= 15 is 0 Å². The van der Waals surface area contributed by atoms with Gasteiger partial charge in [0.15, 0.2) is 0 Å². The molecule has 2 nitrogen and oxygen atoms in total. The zero-order valence-electron chi connectivity index (χ0n) is 11.8. The Morgan fingerprint density at radius 1 is 1.21 bits per heavy atom. The van der Waals surface area contributed by atoms with Crippen molar-refractivity contribution in [2.45, 2.75) is 45.5 Å². The van der Waals surface area contributed by atoms with Crippen LogP contribution in [0.2, 0.25) is 5.02 Å². The van der Waals surface area contributed by atoms with Gasteiger partial charge in [0, 0.05) is 6.04 Å². The summed E-state index contributed by atoms with van der Waals surface area (Å²) in [6.45, 7) is 8.62. The molecule has 0 amide bonds. The molecule has 104 valence electrons. The average Bonchev–Trinajstić information content (AvgIpc) is 2.69. The molecule has 2 rings (SSSR count). The van der Waals surface area contributed by atoms with Crippen LogP contribution in [0.15, 0.2) is 18.2 Å². The van der Waals surface area contributed by atoms with Gasteiger partial charge in [-0.3, -0.25) is 0 Å². The van der Waals surface area contributed by atoms with Gasteiger partial charge in [-0.2, -0.15) is 0 Å². The molecule has 19 heavy (non-hydrogen) atoms. The van der Waals surface area contributed by atoms with Gasteiger partial charge in [-0.15, -0.1) is 11.6 Å². The monoisotopic (exact) mass is 298 g/mol. The molecule has 0 radical (unpaired) electrons. The van der Waals surface area contributed by atoms with E-state index in [9.17, 15) is 0 Å². The minimum absolute atomic E-state index is 0.127. The Kier molecular flexibility index (Phi) is 4.42. The SMILES string of the molecule is CC(C)CC(C)n1c(C(C)Cl)nc2c(Cl)cccc21. The molecular formula is C15H20Cl2N2. The molecule has 0 saturated carbocycles. The van der Waals surface area contributed by atoms with Gasteiger partial charge in [0.1, 0.15) is 11.3 Å². The average molecular weight is 299 g/mol. The molecule has 2 atom stereocenters. The third kappa shape index (κ3) is 2.90. The summed E-state index contributed by atoms with van der Waals surface area (Å²) in [5.41, 5.74) is 1.92. The summed E-state index contributed by atoms with van der Waals surface area (Å²) in [5, 5.41) is 0.560. The first kappa shape index (κ1) is 14.7. The van der Waals surface area contributed by atoms with Gasteiger partial charge in [-0.05, 0) is 38.3 Å². The predicted octanol–water partition coefficient (Wildman–Crippen LogP) is 5.60. The van der Waals surface area contributed by atoms with E-state index in [1.54, 1.807) is 0 Å². The lowest BCUT2D eigenvalue weighted by molar-refractivity contribution is 0.425. The molecule has 0 spiro atoms. The lowest BCUT2D eigenvalue weighted by Crippen LogP contribution is -2.12. The Hall–Kier alpha value is -0.730. The fraction of sp³-hybridized carbons (Fsp3) is 0.533. The molecule has 0 aliphatic carbocycles. The number of alkyl halides is 1. The Bertz CT molecular complexity index is 573. The lowest BCUT2D eigenvalue weighted by Gasteiger charge is -2.20. The predicted molar refractivity (Wildman–Crippen MR) is 83.2 cm³/mol. The Morgan fingerprint density at radius 2 is 1.89 bits per heavy atom. The standard InChI is InChI=1S/C15H20Cl2N2/c1-9(2)8-10(3)19-13-7-5-6-12(17)14(13)18-15(19)11(4)16/h5-7,9-11H,8H2,1-4H3. The first-order valence-corrected chi connectivity index (χ1v) is 7.53. The van der Waals surface area contributed by atoms with Gasteiger partial charge in [0.05, 0.1) is 15.9 Å². The highest BCUT2D eigenvalue weighted by molar-refractivity contribution is 6.35. The van der Waals surface area contributed by atoms with Crippen LogP contribution in [-0.4, -0.2) is 9.55 Å². The fourth-order valence-corrected chi connectivity index (χ4v) is 3.00. The quantitative estimate of drug-likeness (QED) is 0.672. The fourth-order valence-electron chi connectivity index (χ4n) is 2.63. The number of nitrogens with zero attached hydrogens (tertiary/aromatic N) is 2. The van der Waals surface area contributed by atoms with Crippen LogP contribution in [0.25, 0.3) is 11.0 Å². The summed E-state index contributed by atoms with van der Waals surface area (Å²) in [7, 11) is 0. The maximum atomic E-state index is 6.29. The second-order valence-electron chi connectivity index (χ2n) is 5.54. The molecule has 1 aromatic heterocycles. The number of fused-ring (bicyclic) bond motifs is 1. The number of aromatic nitrogens is 2. The third-order valence-electron chi connectivity index (χ3n) is 3.31. The minimum Gasteiger partial charge on any atom is -0.324 e. The van der Waals surface area contributed by atoms with Crippen LogP contribution < -0.4 is 0 Å². The van der Waals surface area contributed by atoms with Crippen molar-refractivity contribution < 1.29 is 0 Å². The number of hydrogen-bond acceptors (Lipinski definition) is 1. The van der Waals surface area contributed by atoms with Gasteiger partial charge >= 0.3 is 0 Å². The summed E-state index contributed by atoms with van der Waals surface area (Å²) in [6, 6.07) is 6.26. The largest absolute Gasteiger partial charge is 0.324 e. The van der Waals surface area contributed by atoms with E-state index in [-0.39, 0.29) is 5.38 Å². The Morgan fingerprint density at radius 3 is 2.47 bits per heavy atom. The maximum Gasteiger partial charge on any atom is 0.128 e. The van der Waals surface area contributed by atoms with Crippen LogP contribution in [0.1, 0.15) is 51.4 Å². The second-order valence-corrected chi connectivity index (χ2v) is 6.60. The number of hydrogen-bond donors (Lipinski definition) is 0. The minimum atomic E-state index is -0.127. The summed E-state index contributed by atoms with van der Waals surface area (Å²) in [5.74, 6) is 1.53. The highest BCUT2D eigenvalue weighted by Gasteiger charge is 2.20. The lowest BCUT2D eigenvalue weighted by atomic mass is 10.0.